The lowest BCUT2D eigenvalue weighted by Gasteiger charge is -2.46. The highest BCUT2D eigenvalue weighted by Gasteiger charge is 2.52. The Labute approximate surface area is 136 Å². The summed E-state index contributed by atoms with van der Waals surface area (Å²) >= 11 is 3.46. The molecule has 0 aliphatic heterocycles. The zero-order chi connectivity index (χ0) is 15.8. The van der Waals surface area contributed by atoms with E-state index in [-0.39, 0.29) is 11.0 Å². The number of nitrogens with one attached hydrogen (secondary N) is 1. The molecule has 4 heteroatoms. The molecule has 1 aromatic rings. The van der Waals surface area contributed by atoms with Gasteiger partial charge in [0, 0.05) is 28.2 Å². The lowest BCUT2D eigenvalue weighted by molar-refractivity contribution is 0.0489. The van der Waals surface area contributed by atoms with Crippen molar-refractivity contribution < 1.29 is 5.11 Å². The first-order valence-corrected chi connectivity index (χ1v) is 8.36. The maximum absolute atomic E-state index is 9.96. The van der Waals surface area contributed by atoms with E-state index in [0.717, 1.165) is 16.5 Å². The molecule has 0 unspecified atom stereocenters. The first-order chi connectivity index (χ1) is 9.68. The fraction of sp³-hybridized carbons (Fsp3) is 0.647. The molecule has 0 heterocycles. The second kappa shape index (κ2) is 5.90. The van der Waals surface area contributed by atoms with Gasteiger partial charge in [-0.2, -0.15) is 0 Å². The van der Waals surface area contributed by atoms with Gasteiger partial charge in [0.05, 0.1) is 0 Å². The van der Waals surface area contributed by atoms with Gasteiger partial charge in [-0.05, 0) is 57.5 Å². The highest BCUT2D eigenvalue weighted by molar-refractivity contribution is 9.10. The summed E-state index contributed by atoms with van der Waals surface area (Å²) in [6.07, 6.45) is 2.35. The lowest BCUT2D eigenvalue weighted by Crippen LogP contribution is -2.54. The largest absolute Gasteiger partial charge is 0.508 e. The normalized spacial score (nSPS) is 28.2. The number of rotatable bonds is 4. The summed E-state index contributed by atoms with van der Waals surface area (Å²) in [5.41, 5.74) is 1.32. The van der Waals surface area contributed by atoms with Crippen molar-refractivity contribution in [1.82, 2.24) is 10.2 Å². The average Bonchev–Trinajstić information content (AvgIpc) is 2.63. The number of phenols is 1. The van der Waals surface area contributed by atoms with Crippen LogP contribution in [-0.4, -0.2) is 35.7 Å². The second-order valence-corrected chi connectivity index (χ2v) is 8.05. The highest BCUT2D eigenvalue weighted by Crippen LogP contribution is 2.48. The van der Waals surface area contributed by atoms with Gasteiger partial charge in [-0.3, -0.25) is 0 Å². The molecule has 1 aromatic carbocycles. The standard InChI is InChI=1S/C17H27BrN2O/c1-16(2)15(8-9-17(16,3)20(4)5)19-11-12-10-13(18)6-7-14(12)21/h6-7,10,15,19,21H,8-9,11H2,1-5H3/t15-,17-/m0/s1. The van der Waals surface area contributed by atoms with Crippen LogP contribution in [-0.2, 0) is 6.54 Å². The molecule has 0 saturated heterocycles. The minimum Gasteiger partial charge on any atom is -0.508 e. The van der Waals surface area contributed by atoms with Gasteiger partial charge in [0.2, 0.25) is 0 Å². The van der Waals surface area contributed by atoms with Crippen molar-refractivity contribution in [3.05, 3.63) is 28.2 Å². The summed E-state index contributed by atoms with van der Waals surface area (Å²) in [6.45, 7) is 7.74. The molecule has 0 aromatic heterocycles. The molecule has 1 saturated carbocycles. The fourth-order valence-electron chi connectivity index (χ4n) is 3.57. The first kappa shape index (κ1) is 16.8. The van der Waals surface area contributed by atoms with Crippen molar-refractivity contribution in [3.63, 3.8) is 0 Å². The lowest BCUT2D eigenvalue weighted by atomic mass is 9.73. The van der Waals surface area contributed by atoms with Crippen LogP contribution in [0.15, 0.2) is 22.7 Å². The number of benzene rings is 1. The molecule has 2 atom stereocenters. The van der Waals surface area contributed by atoms with Gasteiger partial charge in [-0.1, -0.05) is 29.8 Å². The molecule has 118 valence electrons. The molecule has 1 aliphatic rings. The summed E-state index contributed by atoms with van der Waals surface area (Å²) in [5.74, 6) is 0.358. The third-order valence-electron chi connectivity index (χ3n) is 5.75. The SMILES string of the molecule is CN(C)[C@@]1(C)CC[C@H](NCc2cc(Br)ccc2O)C1(C)C. The van der Waals surface area contributed by atoms with E-state index in [0.29, 0.717) is 18.3 Å². The monoisotopic (exact) mass is 354 g/mol. The molecule has 2 rings (SSSR count). The van der Waals surface area contributed by atoms with Crippen LogP contribution in [0.3, 0.4) is 0 Å². The number of hydrogen-bond acceptors (Lipinski definition) is 3. The van der Waals surface area contributed by atoms with Gasteiger partial charge in [0.15, 0.2) is 0 Å². The van der Waals surface area contributed by atoms with Crippen LogP contribution in [0.2, 0.25) is 0 Å². The Morgan fingerprint density at radius 1 is 1.33 bits per heavy atom. The van der Waals surface area contributed by atoms with Crippen LogP contribution in [0, 0.1) is 5.41 Å². The summed E-state index contributed by atoms with van der Waals surface area (Å²) in [5, 5.41) is 13.6. The maximum Gasteiger partial charge on any atom is 0.120 e. The Kier molecular flexibility index (Phi) is 4.72. The van der Waals surface area contributed by atoms with Crippen molar-refractivity contribution in [1.29, 1.82) is 0 Å². The highest BCUT2D eigenvalue weighted by atomic mass is 79.9. The van der Waals surface area contributed by atoms with Crippen LogP contribution in [0.25, 0.3) is 0 Å². The van der Waals surface area contributed by atoms with Gasteiger partial charge in [0.1, 0.15) is 5.75 Å². The molecule has 1 aliphatic carbocycles. The molecule has 3 nitrogen and oxygen atoms in total. The predicted octanol–water partition coefficient (Wildman–Crippen LogP) is 3.75. The molecule has 0 bridgehead atoms. The van der Waals surface area contributed by atoms with Crippen molar-refractivity contribution in [3.8, 4) is 5.75 Å². The van der Waals surface area contributed by atoms with Crippen molar-refractivity contribution in [2.24, 2.45) is 5.41 Å². The van der Waals surface area contributed by atoms with Crippen LogP contribution < -0.4 is 5.32 Å². The van der Waals surface area contributed by atoms with E-state index in [4.69, 9.17) is 0 Å². The number of halogens is 1. The molecular weight excluding hydrogens is 328 g/mol. The minimum atomic E-state index is 0.179. The first-order valence-electron chi connectivity index (χ1n) is 7.56. The Balaban J connectivity index is 2.09. The zero-order valence-electron chi connectivity index (χ0n) is 13.7. The predicted molar refractivity (Wildman–Crippen MR) is 91.5 cm³/mol. The quantitative estimate of drug-likeness (QED) is 0.864. The minimum absolute atomic E-state index is 0.179. The van der Waals surface area contributed by atoms with E-state index in [1.54, 1.807) is 6.07 Å². The average molecular weight is 355 g/mol. The summed E-state index contributed by atoms with van der Waals surface area (Å²) < 4.78 is 1.00. The second-order valence-electron chi connectivity index (χ2n) is 7.14. The van der Waals surface area contributed by atoms with Gasteiger partial charge in [0.25, 0.3) is 0 Å². The van der Waals surface area contributed by atoms with Gasteiger partial charge in [-0.15, -0.1) is 0 Å². The smallest absolute Gasteiger partial charge is 0.120 e. The Morgan fingerprint density at radius 3 is 2.57 bits per heavy atom. The third-order valence-corrected chi connectivity index (χ3v) is 6.24. The van der Waals surface area contributed by atoms with E-state index in [9.17, 15) is 5.11 Å². The van der Waals surface area contributed by atoms with Crippen molar-refractivity contribution >= 4 is 15.9 Å². The van der Waals surface area contributed by atoms with E-state index in [1.807, 2.05) is 12.1 Å². The summed E-state index contributed by atoms with van der Waals surface area (Å²) in [7, 11) is 4.34. The van der Waals surface area contributed by atoms with Crippen LogP contribution in [0.4, 0.5) is 0 Å². The molecule has 1 fully saturated rings. The van der Waals surface area contributed by atoms with Crippen LogP contribution in [0.5, 0.6) is 5.75 Å². The van der Waals surface area contributed by atoms with Crippen molar-refractivity contribution in [2.75, 3.05) is 14.1 Å². The molecule has 0 spiro atoms. The molecular formula is C17H27BrN2O. The molecule has 21 heavy (non-hydrogen) atoms. The van der Waals surface area contributed by atoms with E-state index in [1.165, 1.54) is 6.42 Å². The Morgan fingerprint density at radius 2 is 2.00 bits per heavy atom. The van der Waals surface area contributed by atoms with E-state index in [2.05, 4.69) is 61.0 Å². The van der Waals surface area contributed by atoms with Crippen molar-refractivity contribution in [2.45, 2.75) is 51.7 Å². The Hall–Kier alpha value is -0.580. The van der Waals surface area contributed by atoms with Gasteiger partial charge in [-0.25, -0.2) is 0 Å². The van der Waals surface area contributed by atoms with Gasteiger partial charge < -0.3 is 15.3 Å². The zero-order valence-corrected chi connectivity index (χ0v) is 15.3. The van der Waals surface area contributed by atoms with Gasteiger partial charge >= 0.3 is 0 Å². The summed E-state index contributed by atoms with van der Waals surface area (Å²) in [4.78, 5) is 2.35. The van der Waals surface area contributed by atoms with Crippen LogP contribution in [0.1, 0.15) is 39.2 Å². The number of aromatic hydroxyl groups is 1. The topological polar surface area (TPSA) is 35.5 Å². The Bertz CT molecular complexity index is 516. The maximum atomic E-state index is 9.96. The number of nitrogens with zero attached hydrogens (tertiary/aromatic N) is 1. The van der Waals surface area contributed by atoms with E-state index >= 15 is 0 Å². The number of hydrogen-bond donors (Lipinski definition) is 2. The summed E-state index contributed by atoms with van der Waals surface area (Å²) in [6, 6.07) is 6.03. The molecule has 0 amide bonds. The van der Waals surface area contributed by atoms with E-state index < -0.39 is 0 Å². The molecule has 2 N–H and O–H groups in total. The fourth-order valence-corrected chi connectivity index (χ4v) is 3.98. The third kappa shape index (κ3) is 2.99. The van der Waals surface area contributed by atoms with Crippen LogP contribution >= 0.6 is 15.9 Å². The number of phenolic OH excluding ortho intramolecular Hbond substituents is 1. The molecule has 0 radical (unpaired) electrons.